The number of ether oxygens (including phenoxy) is 2. The summed E-state index contributed by atoms with van der Waals surface area (Å²) in [5, 5.41) is 0. The van der Waals surface area contributed by atoms with Gasteiger partial charge in [0.25, 0.3) is 0 Å². The first-order valence-electron chi connectivity index (χ1n) is 7.63. The Morgan fingerprint density at radius 3 is 2.57 bits per heavy atom. The van der Waals surface area contributed by atoms with Gasteiger partial charge in [-0.15, -0.1) is 0 Å². The fourth-order valence-electron chi connectivity index (χ4n) is 2.53. The first kappa shape index (κ1) is 17.2. The minimum absolute atomic E-state index is 0.300. The maximum Gasteiger partial charge on any atom is 0.338 e. The Balaban J connectivity index is 2.17. The molecule has 0 atom stereocenters. The summed E-state index contributed by atoms with van der Waals surface area (Å²) >= 11 is 0. The van der Waals surface area contributed by atoms with Crippen LogP contribution in [0.3, 0.4) is 0 Å². The smallest absolute Gasteiger partial charge is 0.338 e. The molecule has 23 heavy (non-hydrogen) atoms. The molecule has 0 saturated carbocycles. The third kappa shape index (κ3) is 4.68. The first-order valence-corrected chi connectivity index (χ1v) is 7.63. The van der Waals surface area contributed by atoms with Crippen LogP contribution in [0.1, 0.15) is 21.6 Å². The summed E-state index contributed by atoms with van der Waals surface area (Å²) in [6.07, 6.45) is 2.03. The number of nitrogens with zero attached hydrogens (tertiary/aromatic N) is 2. The molecular formula is C18H24N2O3. The van der Waals surface area contributed by atoms with Gasteiger partial charge in [0.2, 0.25) is 0 Å². The van der Waals surface area contributed by atoms with Crippen LogP contribution in [-0.2, 0) is 29.6 Å². The molecule has 0 unspecified atom stereocenters. The summed E-state index contributed by atoms with van der Waals surface area (Å²) in [6.45, 7) is 2.89. The summed E-state index contributed by atoms with van der Waals surface area (Å²) in [5.74, 6) is -0.300. The van der Waals surface area contributed by atoms with Crippen molar-refractivity contribution in [2.75, 3.05) is 27.4 Å². The van der Waals surface area contributed by atoms with Crippen molar-refractivity contribution in [1.29, 1.82) is 0 Å². The van der Waals surface area contributed by atoms with Crippen LogP contribution in [0.2, 0.25) is 0 Å². The standard InChI is InChI=1S/C18H24N2O3/c1-19-10-6-8-16(19)14-20(11-12-22-2)13-15-7-4-5-9-17(15)18(21)23-3/h4-10H,11-14H2,1-3H3. The van der Waals surface area contributed by atoms with E-state index in [1.165, 1.54) is 12.8 Å². The van der Waals surface area contributed by atoms with Crippen LogP contribution in [-0.4, -0.2) is 42.8 Å². The van der Waals surface area contributed by atoms with E-state index in [1.807, 2.05) is 37.5 Å². The number of rotatable bonds is 8. The van der Waals surface area contributed by atoms with Crippen LogP contribution in [0.5, 0.6) is 0 Å². The molecule has 124 valence electrons. The molecule has 0 spiro atoms. The molecular weight excluding hydrogens is 292 g/mol. The minimum Gasteiger partial charge on any atom is -0.465 e. The van der Waals surface area contributed by atoms with Crippen molar-refractivity contribution < 1.29 is 14.3 Å². The highest BCUT2D eigenvalue weighted by atomic mass is 16.5. The average Bonchev–Trinajstić information content (AvgIpc) is 2.97. The molecule has 0 aliphatic carbocycles. The zero-order valence-corrected chi connectivity index (χ0v) is 14.0. The molecule has 1 heterocycles. The third-order valence-corrected chi connectivity index (χ3v) is 3.87. The predicted molar refractivity (Wildman–Crippen MR) is 89.2 cm³/mol. The highest BCUT2D eigenvalue weighted by Gasteiger charge is 2.15. The van der Waals surface area contributed by atoms with E-state index in [0.29, 0.717) is 18.7 Å². The highest BCUT2D eigenvalue weighted by Crippen LogP contribution is 2.15. The molecule has 5 heteroatoms. The number of benzene rings is 1. The number of hydrogen-bond acceptors (Lipinski definition) is 4. The van der Waals surface area contributed by atoms with Crippen LogP contribution < -0.4 is 0 Å². The van der Waals surface area contributed by atoms with Gasteiger partial charge in [0.1, 0.15) is 0 Å². The summed E-state index contributed by atoms with van der Waals surface area (Å²) in [4.78, 5) is 14.2. The topological polar surface area (TPSA) is 43.7 Å². The van der Waals surface area contributed by atoms with Crippen molar-refractivity contribution in [2.24, 2.45) is 7.05 Å². The summed E-state index contributed by atoms with van der Waals surface area (Å²) in [6, 6.07) is 11.7. The van der Waals surface area contributed by atoms with Crippen LogP contribution in [0.25, 0.3) is 0 Å². The molecule has 1 aromatic heterocycles. The number of esters is 1. The highest BCUT2D eigenvalue weighted by molar-refractivity contribution is 5.90. The van der Waals surface area contributed by atoms with Gasteiger partial charge in [0.15, 0.2) is 0 Å². The lowest BCUT2D eigenvalue weighted by Crippen LogP contribution is -2.28. The molecule has 2 aromatic rings. The van der Waals surface area contributed by atoms with Crippen LogP contribution in [0, 0.1) is 0 Å². The van der Waals surface area contributed by atoms with Gasteiger partial charge in [-0.1, -0.05) is 18.2 Å². The Bertz CT molecular complexity index is 637. The van der Waals surface area contributed by atoms with Crippen LogP contribution in [0.4, 0.5) is 0 Å². The lowest BCUT2D eigenvalue weighted by Gasteiger charge is -2.23. The van der Waals surface area contributed by atoms with Gasteiger partial charge >= 0.3 is 5.97 Å². The Morgan fingerprint density at radius 2 is 1.91 bits per heavy atom. The number of carbonyl (C=O) groups excluding carboxylic acids is 1. The molecule has 0 aliphatic rings. The maximum atomic E-state index is 11.9. The Labute approximate surface area is 137 Å². The second-order valence-electron chi connectivity index (χ2n) is 5.46. The number of aryl methyl sites for hydroxylation is 1. The first-order chi connectivity index (χ1) is 11.2. The Morgan fingerprint density at radius 1 is 1.13 bits per heavy atom. The van der Waals surface area contributed by atoms with E-state index in [0.717, 1.165) is 18.7 Å². The van der Waals surface area contributed by atoms with E-state index in [9.17, 15) is 4.79 Å². The summed E-state index contributed by atoms with van der Waals surface area (Å²) in [5.41, 5.74) is 2.80. The molecule has 0 fully saturated rings. The van der Waals surface area contributed by atoms with E-state index in [-0.39, 0.29) is 5.97 Å². The van der Waals surface area contributed by atoms with Gasteiger partial charge in [0.05, 0.1) is 19.3 Å². The van der Waals surface area contributed by atoms with Gasteiger partial charge in [-0.2, -0.15) is 0 Å². The van der Waals surface area contributed by atoms with Gasteiger partial charge in [-0.05, 0) is 23.8 Å². The van der Waals surface area contributed by atoms with Gasteiger partial charge in [0, 0.05) is 45.7 Å². The summed E-state index contributed by atoms with van der Waals surface area (Å²) < 4.78 is 12.2. The number of methoxy groups -OCH3 is 2. The van der Waals surface area contributed by atoms with Crippen molar-refractivity contribution >= 4 is 5.97 Å². The third-order valence-electron chi connectivity index (χ3n) is 3.87. The molecule has 0 radical (unpaired) electrons. The second-order valence-corrected chi connectivity index (χ2v) is 5.46. The summed E-state index contributed by atoms with van der Waals surface area (Å²) in [7, 11) is 5.14. The second kappa shape index (κ2) is 8.50. The van der Waals surface area contributed by atoms with E-state index in [1.54, 1.807) is 13.2 Å². The minimum atomic E-state index is -0.300. The molecule has 0 saturated heterocycles. The van der Waals surface area contributed by atoms with E-state index in [2.05, 4.69) is 15.5 Å². The molecule has 0 amide bonds. The van der Waals surface area contributed by atoms with Crippen molar-refractivity contribution in [3.63, 3.8) is 0 Å². The molecule has 0 N–H and O–H groups in total. The van der Waals surface area contributed by atoms with E-state index < -0.39 is 0 Å². The SMILES string of the molecule is COCCN(Cc1ccccc1C(=O)OC)Cc1cccn1C. The average molecular weight is 316 g/mol. The normalized spacial score (nSPS) is 11.0. The number of carbonyl (C=O) groups is 1. The molecule has 0 aliphatic heterocycles. The van der Waals surface area contributed by atoms with E-state index in [4.69, 9.17) is 9.47 Å². The lowest BCUT2D eigenvalue weighted by atomic mass is 10.1. The predicted octanol–water partition coefficient (Wildman–Crippen LogP) is 2.46. The number of aromatic nitrogens is 1. The van der Waals surface area contributed by atoms with Crippen molar-refractivity contribution in [3.8, 4) is 0 Å². The molecule has 1 aromatic carbocycles. The molecule has 5 nitrogen and oxygen atoms in total. The monoisotopic (exact) mass is 316 g/mol. The van der Waals surface area contributed by atoms with Crippen molar-refractivity contribution in [3.05, 3.63) is 59.4 Å². The van der Waals surface area contributed by atoms with Gasteiger partial charge in [-0.25, -0.2) is 4.79 Å². The molecule has 0 bridgehead atoms. The fourth-order valence-corrected chi connectivity index (χ4v) is 2.53. The maximum absolute atomic E-state index is 11.9. The van der Waals surface area contributed by atoms with E-state index >= 15 is 0 Å². The van der Waals surface area contributed by atoms with Crippen molar-refractivity contribution in [2.45, 2.75) is 13.1 Å². The van der Waals surface area contributed by atoms with Crippen LogP contribution >= 0.6 is 0 Å². The van der Waals surface area contributed by atoms with Gasteiger partial charge < -0.3 is 14.0 Å². The Hall–Kier alpha value is -2.11. The zero-order valence-electron chi connectivity index (χ0n) is 14.0. The fraction of sp³-hybridized carbons (Fsp3) is 0.389. The van der Waals surface area contributed by atoms with Crippen molar-refractivity contribution in [1.82, 2.24) is 9.47 Å². The van der Waals surface area contributed by atoms with Gasteiger partial charge in [-0.3, -0.25) is 4.90 Å². The Kier molecular flexibility index (Phi) is 6.38. The quantitative estimate of drug-likeness (QED) is 0.702. The zero-order chi connectivity index (χ0) is 16.7. The largest absolute Gasteiger partial charge is 0.465 e. The molecule has 2 rings (SSSR count). The van der Waals surface area contributed by atoms with Crippen LogP contribution in [0.15, 0.2) is 42.6 Å². The lowest BCUT2D eigenvalue weighted by molar-refractivity contribution is 0.0597. The number of hydrogen-bond donors (Lipinski definition) is 0.